The topological polar surface area (TPSA) is 15.3 Å². The van der Waals surface area contributed by atoms with Gasteiger partial charge in [-0.25, -0.2) is 0 Å². The molecular weight excluding hydrogens is 312 g/mol. The number of benzene rings is 1. The van der Waals surface area contributed by atoms with Crippen LogP contribution in [-0.4, -0.2) is 19.6 Å². The molecule has 0 radical (unpaired) electrons. The van der Waals surface area contributed by atoms with Crippen molar-refractivity contribution in [2.24, 2.45) is 5.92 Å². The number of hydrogen-bond acceptors (Lipinski definition) is 2. The number of piperidine rings is 1. The molecule has 1 fully saturated rings. The van der Waals surface area contributed by atoms with E-state index < -0.39 is 0 Å². The van der Waals surface area contributed by atoms with Crippen molar-refractivity contribution in [3.05, 3.63) is 28.2 Å². The Labute approximate surface area is 132 Å². The van der Waals surface area contributed by atoms with Gasteiger partial charge in [-0.05, 0) is 56.0 Å². The summed E-state index contributed by atoms with van der Waals surface area (Å²) in [6.07, 6.45) is 4.01. The molecule has 2 atom stereocenters. The van der Waals surface area contributed by atoms with Crippen LogP contribution in [0.1, 0.15) is 51.6 Å². The molecule has 2 nitrogen and oxygen atoms in total. The Morgan fingerprint density at radius 2 is 2.20 bits per heavy atom. The smallest absolute Gasteiger partial charge is 0.0415 e. The lowest BCUT2D eigenvalue weighted by Crippen LogP contribution is -2.36. The van der Waals surface area contributed by atoms with Gasteiger partial charge in [0.1, 0.15) is 0 Å². The van der Waals surface area contributed by atoms with Gasteiger partial charge in [-0.3, -0.25) is 0 Å². The first-order valence-corrected chi connectivity index (χ1v) is 8.72. The number of rotatable bonds is 5. The minimum Gasteiger partial charge on any atom is -0.371 e. The van der Waals surface area contributed by atoms with Gasteiger partial charge in [0.25, 0.3) is 0 Å². The van der Waals surface area contributed by atoms with E-state index in [9.17, 15) is 0 Å². The highest BCUT2D eigenvalue weighted by Crippen LogP contribution is 2.32. The SMILES string of the molecule is CCNC(C)c1cc(Br)ccc1N1CCCC(CC)C1. The maximum absolute atomic E-state index is 3.62. The van der Waals surface area contributed by atoms with Crippen LogP contribution in [0.2, 0.25) is 0 Å². The second-order valence-electron chi connectivity index (χ2n) is 5.85. The van der Waals surface area contributed by atoms with Crippen LogP contribution in [0.4, 0.5) is 5.69 Å². The fraction of sp³-hybridized carbons (Fsp3) is 0.647. The van der Waals surface area contributed by atoms with Crippen LogP contribution in [0, 0.1) is 5.92 Å². The van der Waals surface area contributed by atoms with Crippen molar-refractivity contribution >= 4 is 21.6 Å². The van der Waals surface area contributed by atoms with Crippen LogP contribution in [0.3, 0.4) is 0 Å². The summed E-state index contributed by atoms with van der Waals surface area (Å²) in [5.74, 6) is 0.856. The summed E-state index contributed by atoms with van der Waals surface area (Å²) in [5.41, 5.74) is 2.83. The summed E-state index contributed by atoms with van der Waals surface area (Å²) in [6, 6.07) is 7.13. The zero-order valence-electron chi connectivity index (χ0n) is 13.0. The maximum atomic E-state index is 3.62. The van der Waals surface area contributed by atoms with Gasteiger partial charge in [-0.2, -0.15) is 0 Å². The highest BCUT2D eigenvalue weighted by atomic mass is 79.9. The fourth-order valence-electron chi connectivity index (χ4n) is 3.19. The molecular formula is C17H27BrN2. The van der Waals surface area contributed by atoms with Gasteiger partial charge in [0.15, 0.2) is 0 Å². The van der Waals surface area contributed by atoms with E-state index >= 15 is 0 Å². The van der Waals surface area contributed by atoms with Gasteiger partial charge in [0.05, 0.1) is 0 Å². The second kappa shape index (κ2) is 7.46. The molecule has 3 heteroatoms. The molecule has 2 unspecified atom stereocenters. The van der Waals surface area contributed by atoms with Crippen LogP contribution >= 0.6 is 15.9 Å². The van der Waals surface area contributed by atoms with Crippen molar-refractivity contribution in [1.29, 1.82) is 0 Å². The second-order valence-corrected chi connectivity index (χ2v) is 6.76. The quantitative estimate of drug-likeness (QED) is 0.833. The lowest BCUT2D eigenvalue weighted by Gasteiger charge is -2.36. The van der Waals surface area contributed by atoms with E-state index in [-0.39, 0.29) is 0 Å². The molecule has 20 heavy (non-hydrogen) atoms. The van der Waals surface area contributed by atoms with Crippen molar-refractivity contribution in [1.82, 2.24) is 5.32 Å². The average molecular weight is 339 g/mol. The van der Waals surface area contributed by atoms with Crippen LogP contribution in [0.25, 0.3) is 0 Å². The van der Waals surface area contributed by atoms with E-state index in [0.717, 1.165) is 12.5 Å². The molecule has 0 spiro atoms. The first kappa shape index (κ1) is 15.8. The molecule has 2 rings (SSSR count). The Kier molecular flexibility index (Phi) is 5.91. The number of anilines is 1. The Balaban J connectivity index is 2.25. The molecule has 0 aromatic heterocycles. The van der Waals surface area contributed by atoms with Crippen molar-refractivity contribution in [3.63, 3.8) is 0 Å². The largest absolute Gasteiger partial charge is 0.371 e. The van der Waals surface area contributed by atoms with Gasteiger partial charge < -0.3 is 10.2 Å². The lowest BCUT2D eigenvalue weighted by atomic mass is 9.94. The molecule has 1 aliphatic heterocycles. The first-order valence-electron chi connectivity index (χ1n) is 7.93. The zero-order valence-corrected chi connectivity index (χ0v) is 14.5. The van der Waals surface area contributed by atoms with Gasteiger partial charge in [0, 0.05) is 29.3 Å². The van der Waals surface area contributed by atoms with Crippen molar-refractivity contribution in [2.45, 2.75) is 46.1 Å². The third-order valence-corrected chi connectivity index (χ3v) is 4.90. The predicted molar refractivity (Wildman–Crippen MR) is 91.5 cm³/mol. The highest BCUT2D eigenvalue weighted by molar-refractivity contribution is 9.10. The molecule has 0 bridgehead atoms. The van der Waals surface area contributed by atoms with Crippen LogP contribution in [-0.2, 0) is 0 Å². The Bertz CT molecular complexity index is 433. The Morgan fingerprint density at radius 1 is 1.40 bits per heavy atom. The third-order valence-electron chi connectivity index (χ3n) is 4.40. The van der Waals surface area contributed by atoms with E-state index in [1.54, 1.807) is 0 Å². The molecule has 1 N–H and O–H groups in total. The Morgan fingerprint density at radius 3 is 2.90 bits per heavy atom. The normalized spacial score (nSPS) is 21.0. The summed E-state index contributed by atoms with van der Waals surface area (Å²) in [7, 11) is 0. The van der Waals surface area contributed by atoms with E-state index in [1.165, 1.54) is 48.1 Å². The van der Waals surface area contributed by atoms with Crippen LogP contribution in [0.5, 0.6) is 0 Å². The summed E-state index contributed by atoms with van der Waals surface area (Å²) >= 11 is 3.62. The molecule has 1 heterocycles. The number of nitrogens with zero attached hydrogens (tertiary/aromatic N) is 1. The summed E-state index contributed by atoms with van der Waals surface area (Å²) < 4.78 is 1.17. The zero-order chi connectivity index (χ0) is 14.5. The van der Waals surface area contributed by atoms with E-state index in [1.807, 2.05) is 0 Å². The summed E-state index contributed by atoms with van der Waals surface area (Å²) in [4.78, 5) is 2.59. The minimum atomic E-state index is 0.398. The molecule has 1 aromatic carbocycles. The number of hydrogen-bond donors (Lipinski definition) is 1. The molecule has 1 aromatic rings. The standard InChI is InChI=1S/C17H27BrN2/c1-4-14-7-6-10-20(12-14)17-9-8-15(18)11-16(17)13(3)19-5-2/h8-9,11,13-14,19H,4-7,10,12H2,1-3H3. The van der Waals surface area contributed by atoms with Crippen molar-refractivity contribution in [2.75, 3.05) is 24.5 Å². The third kappa shape index (κ3) is 3.76. The van der Waals surface area contributed by atoms with Crippen molar-refractivity contribution in [3.8, 4) is 0 Å². The minimum absolute atomic E-state index is 0.398. The van der Waals surface area contributed by atoms with Gasteiger partial charge in [-0.15, -0.1) is 0 Å². The monoisotopic (exact) mass is 338 g/mol. The average Bonchev–Trinajstić information content (AvgIpc) is 2.47. The molecule has 1 saturated heterocycles. The van der Waals surface area contributed by atoms with Gasteiger partial charge in [0.2, 0.25) is 0 Å². The van der Waals surface area contributed by atoms with E-state index in [0.29, 0.717) is 6.04 Å². The first-order chi connectivity index (χ1) is 9.65. The fourth-order valence-corrected chi connectivity index (χ4v) is 3.57. The van der Waals surface area contributed by atoms with E-state index in [4.69, 9.17) is 0 Å². The molecule has 0 saturated carbocycles. The predicted octanol–water partition coefficient (Wildman–Crippen LogP) is 4.75. The van der Waals surface area contributed by atoms with Crippen LogP contribution < -0.4 is 10.2 Å². The maximum Gasteiger partial charge on any atom is 0.0415 e. The lowest BCUT2D eigenvalue weighted by molar-refractivity contribution is 0.403. The van der Waals surface area contributed by atoms with Crippen molar-refractivity contribution < 1.29 is 0 Å². The van der Waals surface area contributed by atoms with E-state index in [2.05, 4.69) is 65.1 Å². The summed E-state index contributed by atoms with van der Waals surface area (Å²) in [5, 5.41) is 3.55. The molecule has 0 aliphatic carbocycles. The number of halogens is 1. The van der Waals surface area contributed by atoms with Gasteiger partial charge in [-0.1, -0.05) is 36.2 Å². The molecule has 1 aliphatic rings. The number of nitrogens with one attached hydrogen (secondary N) is 1. The molecule has 112 valence electrons. The van der Waals surface area contributed by atoms with Crippen LogP contribution in [0.15, 0.2) is 22.7 Å². The Hall–Kier alpha value is -0.540. The van der Waals surface area contributed by atoms with Gasteiger partial charge >= 0.3 is 0 Å². The highest BCUT2D eigenvalue weighted by Gasteiger charge is 2.22. The summed E-state index contributed by atoms with van der Waals surface area (Å²) in [6.45, 7) is 10.2. The molecule has 0 amide bonds.